The van der Waals surface area contributed by atoms with E-state index in [0.29, 0.717) is 35.7 Å². The molecule has 3 aromatic heterocycles. The van der Waals surface area contributed by atoms with Gasteiger partial charge in [-0.05, 0) is 18.9 Å². The minimum atomic E-state index is -4.59. The van der Waals surface area contributed by atoms with E-state index in [4.69, 9.17) is 0 Å². The third kappa shape index (κ3) is 2.92. The van der Waals surface area contributed by atoms with Crippen LogP contribution in [0.2, 0.25) is 0 Å². The molecule has 1 aliphatic heterocycles. The van der Waals surface area contributed by atoms with E-state index in [9.17, 15) is 21.8 Å². The number of pyridine rings is 1. The third-order valence-electron chi connectivity index (χ3n) is 4.82. The molecule has 28 heavy (non-hydrogen) atoms. The molecule has 0 spiro atoms. The van der Waals surface area contributed by atoms with Crippen LogP contribution in [0.15, 0.2) is 17.3 Å². The normalized spacial score (nSPS) is 18.4. The molecule has 0 aromatic carbocycles. The summed E-state index contributed by atoms with van der Waals surface area (Å²) in [5.41, 5.74) is -0.336. The van der Waals surface area contributed by atoms with E-state index in [1.165, 1.54) is 0 Å². The monoisotopic (exact) mass is 415 g/mol. The highest BCUT2D eigenvalue weighted by Crippen LogP contribution is 2.36. The molecule has 0 aliphatic carbocycles. The van der Waals surface area contributed by atoms with Gasteiger partial charge in [-0.15, -0.1) is 0 Å². The average Bonchev–Trinajstić information content (AvgIpc) is 3.19. The second kappa shape index (κ2) is 6.64. The van der Waals surface area contributed by atoms with Crippen LogP contribution >= 0.6 is 0 Å². The molecule has 2 atom stereocenters. The lowest BCUT2D eigenvalue weighted by molar-refractivity contribution is -0.141. The zero-order valence-corrected chi connectivity index (χ0v) is 15.9. The maximum atomic E-state index is 14.4. The van der Waals surface area contributed by atoms with Crippen molar-refractivity contribution in [2.45, 2.75) is 43.7 Å². The summed E-state index contributed by atoms with van der Waals surface area (Å²) in [6, 6.07) is 0.864. The molecule has 0 saturated heterocycles. The fourth-order valence-corrected chi connectivity index (χ4v) is 4.49. The number of hydrogen-bond donors (Lipinski definition) is 0. The summed E-state index contributed by atoms with van der Waals surface area (Å²) in [5.74, 6) is 0.736. The smallest absolute Gasteiger partial charge is 0.324 e. The minimum absolute atomic E-state index is 0.0934. The summed E-state index contributed by atoms with van der Waals surface area (Å²) < 4.78 is 69.2. The number of aryl methyl sites for hydroxylation is 1. The van der Waals surface area contributed by atoms with Gasteiger partial charge in [-0.25, -0.2) is 19.3 Å². The minimum Gasteiger partial charge on any atom is -0.324 e. The van der Waals surface area contributed by atoms with Crippen molar-refractivity contribution in [3.05, 3.63) is 23.8 Å². The maximum Gasteiger partial charge on any atom is 0.433 e. The largest absolute Gasteiger partial charge is 0.433 e. The molecular formula is C17H17F4N5OS. The van der Waals surface area contributed by atoms with Crippen LogP contribution in [-0.4, -0.2) is 34.0 Å². The molecule has 3 aromatic rings. The van der Waals surface area contributed by atoms with E-state index in [1.807, 2.05) is 0 Å². The Labute approximate surface area is 160 Å². The van der Waals surface area contributed by atoms with E-state index in [-0.39, 0.29) is 22.9 Å². The molecule has 0 amide bonds. The Morgan fingerprint density at radius 2 is 2.07 bits per heavy atom. The zero-order valence-electron chi connectivity index (χ0n) is 15.1. The molecular weight excluding hydrogens is 398 g/mol. The molecule has 150 valence electrons. The van der Waals surface area contributed by atoms with Crippen LogP contribution < -0.4 is 0 Å². The van der Waals surface area contributed by atoms with Crippen LogP contribution in [0, 0.1) is 0 Å². The lowest BCUT2D eigenvalue weighted by Crippen LogP contribution is -2.16. The summed E-state index contributed by atoms with van der Waals surface area (Å²) in [4.78, 5) is 12.1. The Hall–Kier alpha value is -2.30. The molecule has 0 saturated carbocycles. The maximum absolute atomic E-state index is 14.4. The van der Waals surface area contributed by atoms with Gasteiger partial charge in [0.05, 0.1) is 28.0 Å². The predicted octanol–water partition coefficient (Wildman–Crippen LogP) is 3.78. The zero-order chi connectivity index (χ0) is 20.2. The van der Waals surface area contributed by atoms with Crippen molar-refractivity contribution in [1.29, 1.82) is 0 Å². The molecule has 0 N–H and O–H groups in total. The van der Waals surface area contributed by atoms with E-state index >= 15 is 0 Å². The van der Waals surface area contributed by atoms with Crippen molar-refractivity contribution in [3.63, 3.8) is 0 Å². The number of rotatable bonds is 3. The molecule has 6 nitrogen and oxygen atoms in total. The van der Waals surface area contributed by atoms with Crippen LogP contribution in [0.4, 0.5) is 17.6 Å². The number of fused-ring (bicyclic) bond motifs is 2. The number of halogens is 4. The van der Waals surface area contributed by atoms with Crippen LogP contribution in [-0.2, 0) is 30.6 Å². The third-order valence-corrected chi connectivity index (χ3v) is 6.19. The highest BCUT2D eigenvalue weighted by molar-refractivity contribution is 7.85. The van der Waals surface area contributed by atoms with Gasteiger partial charge < -0.3 is 9.13 Å². The van der Waals surface area contributed by atoms with Gasteiger partial charge in [0, 0.05) is 19.3 Å². The van der Waals surface area contributed by atoms with Crippen molar-refractivity contribution in [3.8, 4) is 11.5 Å². The van der Waals surface area contributed by atoms with Gasteiger partial charge in [-0.1, -0.05) is 6.92 Å². The summed E-state index contributed by atoms with van der Waals surface area (Å²) in [6.07, 6.45) is -3.84. The molecule has 2 unspecified atom stereocenters. The summed E-state index contributed by atoms with van der Waals surface area (Å²) in [5, 5.41) is 0.363. The van der Waals surface area contributed by atoms with E-state index in [1.54, 1.807) is 23.1 Å². The fourth-order valence-electron chi connectivity index (χ4n) is 3.44. The van der Waals surface area contributed by atoms with Crippen LogP contribution in [0.25, 0.3) is 22.6 Å². The molecule has 0 radical (unpaired) electrons. The topological polar surface area (TPSA) is 65.6 Å². The van der Waals surface area contributed by atoms with Gasteiger partial charge in [-0.2, -0.15) is 13.2 Å². The predicted molar refractivity (Wildman–Crippen MR) is 94.8 cm³/mol. The average molecular weight is 415 g/mol. The van der Waals surface area contributed by atoms with Gasteiger partial charge in [-0.3, -0.25) is 4.21 Å². The Morgan fingerprint density at radius 1 is 1.32 bits per heavy atom. The first-order valence-corrected chi connectivity index (χ1v) is 10.1. The summed E-state index contributed by atoms with van der Waals surface area (Å²) in [6.45, 7) is 2.23. The van der Waals surface area contributed by atoms with E-state index in [2.05, 4.69) is 15.0 Å². The van der Waals surface area contributed by atoms with E-state index in [0.717, 1.165) is 12.3 Å². The lowest BCUT2D eigenvalue weighted by atomic mass is 10.1. The highest BCUT2D eigenvalue weighted by Gasteiger charge is 2.34. The Balaban J connectivity index is 1.95. The Bertz CT molecular complexity index is 1090. The lowest BCUT2D eigenvalue weighted by Gasteiger charge is -2.18. The van der Waals surface area contributed by atoms with Crippen LogP contribution in [0.3, 0.4) is 0 Å². The van der Waals surface area contributed by atoms with Crippen molar-refractivity contribution in [2.24, 2.45) is 7.05 Å². The number of nitrogens with zero attached hydrogens (tertiary/aromatic N) is 5. The number of alkyl halides is 4. The number of hydrogen-bond acceptors (Lipinski definition) is 4. The molecule has 11 heteroatoms. The van der Waals surface area contributed by atoms with E-state index < -0.39 is 28.8 Å². The van der Waals surface area contributed by atoms with Crippen LogP contribution in [0.1, 0.15) is 37.5 Å². The van der Waals surface area contributed by atoms with Gasteiger partial charge in [0.25, 0.3) is 0 Å². The van der Waals surface area contributed by atoms with Crippen molar-refractivity contribution < 1.29 is 21.8 Å². The summed E-state index contributed by atoms with van der Waals surface area (Å²) in [7, 11) is 0.175. The molecule has 0 bridgehead atoms. The quantitative estimate of drug-likeness (QED) is 0.611. The van der Waals surface area contributed by atoms with Gasteiger partial charge in [0.2, 0.25) is 0 Å². The van der Waals surface area contributed by atoms with Gasteiger partial charge in [0.15, 0.2) is 12.0 Å². The Morgan fingerprint density at radius 3 is 2.75 bits per heavy atom. The van der Waals surface area contributed by atoms with Crippen LogP contribution in [0.5, 0.6) is 0 Å². The van der Waals surface area contributed by atoms with Gasteiger partial charge >= 0.3 is 6.18 Å². The molecule has 1 aliphatic rings. The first-order valence-electron chi connectivity index (χ1n) is 8.75. The Kier molecular flexibility index (Phi) is 4.52. The molecule has 4 heterocycles. The van der Waals surface area contributed by atoms with Gasteiger partial charge in [0.1, 0.15) is 22.2 Å². The van der Waals surface area contributed by atoms with Crippen molar-refractivity contribution >= 4 is 21.8 Å². The standard InChI is InChI=1S/C17H17F4N5OS/c1-3-28(27)16-13(24-14-9(18)5-4-6-26(14)16)15-23-10-7-12(17(19,20)21)22-8-11(10)25(15)2/h7-9H,3-6H2,1-2H3. The summed E-state index contributed by atoms with van der Waals surface area (Å²) >= 11 is 0. The molecule has 4 rings (SSSR count). The highest BCUT2D eigenvalue weighted by atomic mass is 32.2. The first kappa shape index (κ1) is 19.0. The first-order chi connectivity index (χ1) is 13.2. The molecule has 0 fully saturated rings. The van der Waals surface area contributed by atoms with Crippen molar-refractivity contribution in [2.75, 3.05) is 5.75 Å². The SMILES string of the molecule is CCS(=O)c1c(-c2nc3cc(C(F)(F)F)ncc3n2C)nc2n1CCCC2F. The number of imidazole rings is 2. The second-order valence-electron chi connectivity index (χ2n) is 6.57. The fraction of sp³-hybridized carbons (Fsp3) is 0.471. The van der Waals surface area contributed by atoms with Crippen molar-refractivity contribution in [1.82, 2.24) is 24.1 Å². The second-order valence-corrected chi connectivity index (χ2v) is 8.22. The number of aromatic nitrogens is 5.